The van der Waals surface area contributed by atoms with Crippen LogP contribution < -0.4 is 5.73 Å². The molecule has 0 heterocycles. The fraction of sp³-hybridized carbons (Fsp3) is 0.538. The van der Waals surface area contributed by atoms with Gasteiger partial charge in [-0.25, -0.2) is 0 Å². The summed E-state index contributed by atoms with van der Waals surface area (Å²) in [7, 11) is 0. The average Bonchev–Trinajstić information content (AvgIpc) is 2.30. The number of nitrogens with two attached hydrogens (primary N) is 1. The molecule has 0 amide bonds. The molecule has 0 saturated carbocycles. The van der Waals surface area contributed by atoms with Gasteiger partial charge in [0.1, 0.15) is 0 Å². The normalized spacial score (nSPS) is 17.7. The van der Waals surface area contributed by atoms with E-state index < -0.39 is 0 Å². The van der Waals surface area contributed by atoms with E-state index >= 15 is 0 Å². The third-order valence-electron chi connectivity index (χ3n) is 3.18. The molecule has 1 aromatic carbocycles. The molecule has 1 aliphatic carbocycles. The molecule has 0 fully saturated rings. The van der Waals surface area contributed by atoms with Crippen molar-refractivity contribution in [2.75, 3.05) is 5.73 Å². The van der Waals surface area contributed by atoms with Crippen molar-refractivity contribution >= 4 is 5.69 Å². The molecule has 0 radical (unpaired) electrons. The summed E-state index contributed by atoms with van der Waals surface area (Å²) >= 11 is 0. The lowest BCUT2D eigenvalue weighted by atomic mass is 9.98. The fourth-order valence-corrected chi connectivity index (χ4v) is 2.34. The van der Waals surface area contributed by atoms with Gasteiger partial charge in [-0.3, -0.25) is 0 Å². The molecule has 0 saturated heterocycles. The van der Waals surface area contributed by atoms with Crippen LogP contribution in [0.15, 0.2) is 18.2 Å². The second-order valence-electron chi connectivity index (χ2n) is 4.25. The van der Waals surface area contributed by atoms with Crippen LogP contribution in [0.4, 0.5) is 5.69 Å². The summed E-state index contributed by atoms with van der Waals surface area (Å²) in [5.41, 5.74) is 9.93. The van der Waals surface area contributed by atoms with Crippen LogP contribution in [0.25, 0.3) is 0 Å². The highest BCUT2D eigenvalue weighted by atomic mass is 14.6. The lowest BCUT2D eigenvalue weighted by Gasteiger charge is -2.10. The average molecular weight is 189 g/mol. The van der Waals surface area contributed by atoms with Crippen molar-refractivity contribution in [1.82, 2.24) is 0 Å². The molecule has 1 aromatic rings. The molecule has 2 rings (SSSR count). The van der Waals surface area contributed by atoms with Crippen molar-refractivity contribution < 1.29 is 0 Å². The predicted molar refractivity (Wildman–Crippen MR) is 61.3 cm³/mol. The van der Waals surface area contributed by atoms with Gasteiger partial charge in [-0.1, -0.05) is 31.4 Å². The Kier molecular flexibility index (Phi) is 3.07. The first-order valence-corrected chi connectivity index (χ1v) is 5.74. The number of fused-ring (bicyclic) bond motifs is 1. The van der Waals surface area contributed by atoms with E-state index in [1.807, 2.05) is 6.07 Å². The summed E-state index contributed by atoms with van der Waals surface area (Å²) in [6.45, 7) is 0. The van der Waals surface area contributed by atoms with E-state index in [0.29, 0.717) is 0 Å². The Morgan fingerprint density at radius 2 is 1.57 bits per heavy atom. The van der Waals surface area contributed by atoms with Crippen LogP contribution in [0.3, 0.4) is 0 Å². The van der Waals surface area contributed by atoms with E-state index in [2.05, 4.69) is 12.1 Å². The van der Waals surface area contributed by atoms with Gasteiger partial charge in [0.2, 0.25) is 0 Å². The van der Waals surface area contributed by atoms with Crippen molar-refractivity contribution in [3.63, 3.8) is 0 Å². The Hall–Kier alpha value is -0.980. The Balaban J connectivity index is 2.26. The van der Waals surface area contributed by atoms with Gasteiger partial charge in [-0.2, -0.15) is 0 Å². The van der Waals surface area contributed by atoms with E-state index in [0.717, 1.165) is 5.69 Å². The van der Waals surface area contributed by atoms with Gasteiger partial charge in [0, 0.05) is 5.69 Å². The molecule has 0 bridgehead atoms. The Morgan fingerprint density at radius 3 is 2.43 bits per heavy atom. The molecule has 76 valence electrons. The van der Waals surface area contributed by atoms with E-state index in [4.69, 9.17) is 5.73 Å². The first kappa shape index (κ1) is 9.57. The smallest absolute Gasteiger partial charge is 0.0349 e. The zero-order valence-electron chi connectivity index (χ0n) is 8.76. The van der Waals surface area contributed by atoms with Crippen molar-refractivity contribution in [2.45, 2.75) is 44.9 Å². The summed E-state index contributed by atoms with van der Waals surface area (Å²) in [6.07, 6.45) is 9.19. The summed E-state index contributed by atoms with van der Waals surface area (Å²) in [4.78, 5) is 0. The number of nitrogen functional groups attached to an aromatic ring is 1. The van der Waals surface area contributed by atoms with Gasteiger partial charge >= 0.3 is 0 Å². The fourth-order valence-electron chi connectivity index (χ4n) is 2.34. The van der Waals surface area contributed by atoms with Gasteiger partial charge in [0.05, 0.1) is 0 Å². The zero-order valence-corrected chi connectivity index (χ0v) is 8.76. The standard InChI is InChI=1S/C13H19N/c14-13-10-6-8-11-7-4-2-1-3-5-9-12(11)13/h6,8,10H,1-5,7,9,14H2. The molecule has 1 aliphatic rings. The Morgan fingerprint density at radius 1 is 0.857 bits per heavy atom. The molecule has 0 spiro atoms. The Labute approximate surface area is 86.3 Å². The van der Waals surface area contributed by atoms with Gasteiger partial charge in [0.15, 0.2) is 0 Å². The minimum Gasteiger partial charge on any atom is -0.398 e. The second kappa shape index (κ2) is 4.50. The maximum atomic E-state index is 6.01. The van der Waals surface area contributed by atoms with Crippen LogP contribution in [0.2, 0.25) is 0 Å². The number of benzene rings is 1. The van der Waals surface area contributed by atoms with E-state index in [-0.39, 0.29) is 0 Å². The number of aryl methyl sites for hydroxylation is 1. The van der Waals surface area contributed by atoms with Crippen LogP contribution in [-0.2, 0) is 12.8 Å². The minimum absolute atomic E-state index is 1.00. The lowest BCUT2D eigenvalue weighted by molar-refractivity contribution is 0.629. The third kappa shape index (κ3) is 2.09. The second-order valence-corrected chi connectivity index (χ2v) is 4.25. The number of hydrogen-bond acceptors (Lipinski definition) is 1. The first-order chi connectivity index (χ1) is 6.88. The molecular weight excluding hydrogens is 170 g/mol. The van der Waals surface area contributed by atoms with Crippen molar-refractivity contribution in [1.29, 1.82) is 0 Å². The molecule has 2 N–H and O–H groups in total. The lowest BCUT2D eigenvalue weighted by Crippen LogP contribution is -1.99. The molecule has 1 heteroatoms. The van der Waals surface area contributed by atoms with E-state index in [1.54, 1.807) is 0 Å². The topological polar surface area (TPSA) is 26.0 Å². The van der Waals surface area contributed by atoms with Gasteiger partial charge in [-0.05, 0) is 42.9 Å². The van der Waals surface area contributed by atoms with Crippen LogP contribution in [0, 0.1) is 0 Å². The maximum absolute atomic E-state index is 6.01. The van der Waals surface area contributed by atoms with E-state index in [1.165, 1.54) is 56.1 Å². The van der Waals surface area contributed by atoms with Gasteiger partial charge in [0.25, 0.3) is 0 Å². The van der Waals surface area contributed by atoms with Crippen LogP contribution >= 0.6 is 0 Å². The highest BCUT2D eigenvalue weighted by Gasteiger charge is 2.07. The van der Waals surface area contributed by atoms with Crippen LogP contribution in [0.1, 0.15) is 43.2 Å². The number of rotatable bonds is 0. The SMILES string of the molecule is Nc1cccc2c1CCCCCCC2. The molecule has 1 nitrogen and oxygen atoms in total. The van der Waals surface area contributed by atoms with Crippen LogP contribution in [-0.4, -0.2) is 0 Å². The molecule has 0 aliphatic heterocycles. The number of anilines is 1. The summed E-state index contributed by atoms with van der Waals surface area (Å²) in [5, 5.41) is 0. The molecule has 0 unspecified atom stereocenters. The highest BCUT2D eigenvalue weighted by Crippen LogP contribution is 2.24. The van der Waals surface area contributed by atoms with Crippen LogP contribution in [0.5, 0.6) is 0 Å². The largest absolute Gasteiger partial charge is 0.398 e. The zero-order chi connectivity index (χ0) is 9.80. The summed E-state index contributed by atoms with van der Waals surface area (Å²) in [6, 6.07) is 6.37. The third-order valence-corrected chi connectivity index (χ3v) is 3.18. The molecule has 0 aromatic heterocycles. The molecular formula is C13H19N. The quantitative estimate of drug-likeness (QED) is 0.622. The summed E-state index contributed by atoms with van der Waals surface area (Å²) < 4.78 is 0. The molecule has 0 atom stereocenters. The minimum atomic E-state index is 1.00. The summed E-state index contributed by atoms with van der Waals surface area (Å²) in [5.74, 6) is 0. The first-order valence-electron chi connectivity index (χ1n) is 5.74. The van der Waals surface area contributed by atoms with Crippen molar-refractivity contribution in [3.8, 4) is 0 Å². The van der Waals surface area contributed by atoms with Gasteiger partial charge < -0.3 is 5.73 Å². The monoisotopic (exact) mass is 189 g/mol. The van der Waals surface area contributed by atoms with Gasteiger partial charge in [-0.15, -0.1) is 0 Å². The van der Waals surface area contributed by atoms with E-state index in [9.17, 15) is 0 Å². The van der Waals surface area contributed by atoms with Crippen molar-refractivity contribution in [3.05, 3.63) is 29.3 Å². The Bertz CT molecular complexity index is 304. The maximum Gasteiger partial charge on any atom is 0.0349 e. The highest BCUT2D eigenvalue weighted by molar-refractivity contribution is 5.51. The van der Waals surface area contributed by atoms with Crippen molar-refractivity contribution in [2.24, 2.45) is 0 Å². The number of hydrogen-bond donors (Lipinski definition) is 1. The predicted octanol–water partition coefficient (Wildman–Crippen LogP) is 3.32. The molecule has 14 heavy (non-hydrogen) atoms.